The van der Waals surface area contributed by atoms with Gasteiger partial charge < -0.3 is 14.5 Å². The third kappa shape index (κ3) is 4.05. The molecule has 0 spiro atoms. The lowest BCUT2D eigenvalue weighted by atomic mass is 10.1. The molecule has 8 heteroatoms. The minimum absolute atomic E-state index is 0.0903. The number of alkyl halides is 3. The molecular formula is C19H17F3N2O3. The third-order valence-electron chi connectivity index (χ3n) is 4.31. The predicted octanol–water partition coefficient (Wildman–Crippen LogP) is 3.20. The van der Waals surface area contributed by atoms with Gasteiger partial charge in [0.2, 0.25) is 5.91 Å². The van der Waals surface area contributed by atoms with Crippen LogP contribution >= 0.6 is 0 Å². The number of nitrogens with zero attached hydrogens (tertiary/aromatic N) is 2. The van der Waals surface area contributed by atoms with Gasteiger partial charge in [0.25, 0.3) is 5.91 Å². The number of benzene rings is 2. The summed E-state index contributed by atoms with van der Waals surface area (Å²) < 4.78 is 43.7. The molecule has 3 rings (SSSR count). The molecular weight excluding hydrogens is 361 g/mol. The van der Waals surface area contributed by atoms with Crippen LogP contribution < -0.4 is 9.64 Å². The topological polar surface area (TPSA) is 49.9 Å². The largest absolute Gasteiger partial charge is 0.497 e. The highest BCUT2D eigenvalue weighted by Crippen LogP contribution is 2.30. The second-order valence-electron chi connectivity index (χ2n) is 6.05. The van der Waals surface area contributed by atoms with Crippen LogP contribution in [0.3, 0.4) is 0 Å². The molecule has 0 aliphatic carbocycles. The lowest BCUT2D eigenvalue weighted by Gasteiger charge is -2.34. The van der Waals surface area contributed by atoms with Crippen LogP contribution in [0, 0.1) is 0 Å². The number of halogens is 3. The summed E-state index contributed by atoms with van der Waals surface area (Å²) in [7, 11) is 1.52. The second-order valence-corrected chi connectivity index (χ2v) is 6.05. The summed E-state index contributed by atoms with van der Waals surface area (Å²) in [6.45, 7) is 0.265. The zero-order chi connectivity index (χ0) is 19.6. The van der Waals surface area contributed by atoms with Gasteiger partial charge in [-0.2, -0.15) is 13.2 Å². The number of carbonyl (C=O) groups excluding carboxylic acids is 2. The minimum atomic E-state index is -4.53. The number of hydrogen-bond acceptors (Lipinski definition) is 3. The lowest BCUT2D eigenvalue weighted by molar-refractivity contribution is -0.137. The third-order valence-corrected chi connectivity index (χ3v) is 4.31. The molecule has 2 aromatic rings. The van der Waals surface area contributed by atoms with E-state index in [-0.39, 0.29) is 31.1 Å². The monoisotopic (exact) mass is 378 g/mol. The first kappa shape index (κ1) is 18.8. The molecule has 1 aliphatic heterocycles. The number of ether oxygens (including phenoxy) is 1. The number of hydrogen-bond donors (Lipinski definition) is 0. The number of rotatable bonds is 3. The Morgan fingerprint density at radius 3 is 2.48 bits per heavy atom. The highest BCUT2D eigenvalue weighted by Gasteiger charge is 2.33. The van der Waals surface area contributed by atoms with Crippen molar-refractivity contribution in [3.05, 3.63) is 59.7 Å². The molecule has 5 nitrogen and oxygen atoms in total. The number of methoxy groups -OCH3 is 1. The fourth-order valence-corrected chi connectivity index (χ4v) is 2.91. The van der Waals surface area contributed by atoms with Crippen molar-refractivity contribution in [2.45, 2.75) is 6.18 Å². The minimum Gasteiger partial charge on any atom is -0.497 e. The normalized spacial score (nSPS) is 15.0. The van der Waals surface area contributed by atoms with E-state index < -0.39 is 17.6 Å². The summed E-state index contributed by atoms with van der Waals surface area (Å²) in [4.78, 5) is 27.8. The highest BCUT2D eigenvalue weighted by molar-refractivity contribution is 6.01. The molecule has 1 heterocycles. The average Bonchev–Trinajstić information content (AvgIpc) is 2.66. The Balaban J connectivity index is 1.74. The van der Waals surface area contributed by atoms with Gasteiger partial charge in [0.15, 0.2) is 0 Å². The SMILES string of the molecule is COc1cccc(N2CCN(C(=O)c3cccc(C(F)(F)F)c3)CC2=O)c1. The van der Waals surface area contributed by atoms with Crippen molar-refractivity contribution in [1.29, 1.82) is 0 Å². The van der Waals surface area contributed by atoms with Crippen molar-refractivity contribution in [2.75, 3.05) is 31.6 Å². The smallest absolute Gasteiger partial charge is 0.416 e. The van der Waals surface area contributed by atoms with Crippen LogP contribution in [0.15, 0.2) is 48.5 Å². The fourth-order valence-electron chi connectivity index (χ4n) is 2.91. The number of amides is 2. The van der Waals surface area contributed by atoms with Crippen LogP contribution in [-0.2, 0) is 11.0 Å². The first-order valence-electron chi connectivity index (χ1n) is 8.20. The Kier molecular flexibility index (Phi) is 5.07. The van der Waals surface area contributed by atoms with E-state index in [0.29, 0.717) is 11.4 Å². The van der Waals surface area contributed by atoms with E-state index in [4.69, 9.17) is 4.74 Å². The van der Waals surface area contributed by atoms with Gasteiger partial charge >= 0.3 is 6.18 Å². The van der Waals surface area contributed by atoms with Gasteiger partial charge in [-0.25, -0.2) is 0 Å². The summed E-state index contributed by atoms with van der Waals surface area (Å²) >= 11 is 0. The Morgan fingerprint density at radius 2 is 1.81 bits per heavy atom. The van der Waals surface area contributed by atoms with Crippen LogP contribution in [0.1, 0.15) is 15.9 Å². The summed E-state index contributed by atoms with van der Waals surface area (Å²) in [6.07, 6.45) is -4.53. The molecule has 142 valence electrons. The van der Waals surface area contributed by atoms with Crippen LogP contribution in [0.4, 0.5) is 18.9 Å². The van der Waals surface area contributed by atoms with E-state index in [1.807, 2.05) is 0 Å². The van der Waals surface area contributed by atoms with Crippen LogP contribution in [0.5, 0.6) is 5.75 Å². The number of carbonyl (C=O) groups is 2. The summed E-state index contributed by atoms with van der Waals surface area (Å²) in [6, 6.07) is 11.2. The Hall–Kier alpha value is -3.03. The standard InChI is InChI=1S/C19H17F3N2O3/c1-27-16-7-3-6-15(11-16)24-9-8-23(12-17(24)25)18(26)13-4-2-5-14(10-13)19(20,21)22/h2-7,10-11H,8-9,12H2,1H3. The number of piperazine rings is 1. The molecule has 27 heavy (non-hydrogen) atoms. The van der Waals surface area contributed by atoms with Gasteiger partial charge in [-0.1, -0.05) is 12.1 Å². The Bertz CT molecular complexity index is 867. The molecule has 1 saturated heterocycles. The molecule has 0 radical (unpaired) electrons. The van der Waals surface area contributed by atoms with Crippen molar-refractivity contribution >= 4 is 17.5 Å². The zero-order valence-electron chi connectivity index (χ0n) is 14.5. The van der Waals surface area contributed by atoms with Crippen LogP contribution in [-0.4, -0.2) is 43.5 Å². The van der Waals surface area contributed by atoms with Crippen LogP contribution in [0.2, 0.25) is 0 Å². The average molecular weight is 378 g/mol. The molecule has 1 fully saturated rings. The molecule has 0 atom stereocenters. The van der Waals surface area contributed by atoms with Crippen LogP contribution in [0.25, 0.3) is 0 Å². The van der Waals surface area contributed by atoms with Crippen molar-refractivity contribution < 1.29 is 27.5 Å². The van der Waals surface area contributed by atoms with Gasteiger partial charge in [-0.05, 0) is 30.3 Å². The van der Waals surface area contributed by atoms with E-state index in [0.717, 1.165) is 12.1 Å². The molecule has 2 aromatic carbocycles. The zero-order valence-corrected chi connectivity index (χ0v) is 14.5. The van der Waals surface area contributed by atoms with E-state index >= 15 is 0 Å². The maximum atomic E-state index is 12.8. The van der Waals surface area contributed by atoms with Gasteiger partial charge in [-0.15, -0.1) is 0 Å². The van der Waals surface area contributed by atoms with Crippen molar-refractivity contribution in [3.8, 4) is 5.75 Å². The van der Waals surface area contributed by atoms with E-state index in [9.17, 15) is 22.8 Å². The maximum absolute atomic E-state index is 12.8. The van der Waals surface area contributed by atoms with Gasteiger partial charge in [-0.3, -0.25) is 9.59 Å². The Labute approximate surface area is 153 Å². The Morgan fingerprint density at radius 1 is 1.07 bits per heavy atom. The first-order valence-corrected chi connectivity index (χ1v) is 8.20. The molecule has 0 aromatic heterocycles. The molecule has 2 amide bonds. The molecule has 0 bridgehead atoms. The van der Waals surface area contributed by atoms with Crippen molar-refractivity contribution in [2.24, 2.45) is 0 Å². The highest BCUT2D eigenvalue weighted by atomic mass is 19.4. The lowest BCUT2D eigenvalue weighted by Crippen LogP contribution is -2.52. The summed E-state index contributed by atoms with van der Waals surface area (Å²) in [5.74, 6) is -0.308. The van der Waals surface area contributed by atoms with Gasteiger partial charge in [0, 0.05) is 30.4 Å². The molecule has 0 unspecified atom stereocenters. The predicted molar refractivity (Wildman–Crippen MR) is 92.7 cm³/mol. The first-order chi connectivity index (χ1) is 12.8. The summed E-state index contributed by atoms with van der Waals surface area (Å²) in [5.41, 5.74) is -0.340. The quantitative estimate of drug-likeness (QED) is 0.824. The fraction of sp³-hybridized carbons (Fsp3) is 0.263. The second kappa shape index (κ2) is 7.30. The van der Waals surface area contributed by atoms with E-state index in [2.05, 4.69) is 0 Å². The molecule has 0 N–H and O–H groups in total. The van der Waals surface area contributed by atoms with E-state index in [1.165, 1.54) is 29.0 Å². The van der Waals surface area contributed by atoms with Crippen molar-refractivity contribution in [1.82, 2.24) is 4.90 Å². The van der Waals surface area contributed by atoms with Gasteiger partial charge in [0.05, 0.1) is 12.7 Å². The molecule has 1 aliphatic rings. The molecule has 0 saturated carbocycles. The summed E-state index contributed by atoms with van der Waals surface area (Å²) in [5, 5.41) is 0. The van der Waals surface area contributed by atoms with E-state index in [1.54, 1.807) is 24.3 Å². The number of anilines is 1. The van der Waals surface area contributed by atoms with Gasteiger partial charge in [0.1, 0.15) is 12.3 Å². The van der Waals surface area contributed by atoms with Crippen molar-refractivity contribution in [3.63, 3.8) is 0 Å². The maximum Gasteiger partial charge on any atom is 0.416 e.